The molecule has 1 saturated heterocycles. The summed E-state index contributed by atoms with van der Waals surface area (Å²) in [5, 5.41) is 14.9. The first kappa shape index (κ1) is 31.9. The standard InChI is InChI=1S/C31H30F5N7OS/c1-20(2)25-7-4-5-8-26(25)39-29-42(17-6-18-45-29)38-19-21-9-11-22(12-10-21)27-40-28(37-3)43(41-27)23-13-15-24(16-14-23)44-31(35,36)30(32,33)34/h4-5,7-16,19-20H,6,17-18H2,1-3H3,(H,37,40,41). The Morgan fingerprint density at radius 1 is 0.978 bits per heavy atom. The molecule has 0 aliphatic carbocycles. The van der Waals surface area contributed by atoms with Gasteiger partial charge in [-0.05, 0) is 53.8 Å². The third-order valence-corrected chi connectivity index (χ3v) is 7.80. The van der Waals surface area contributed by atoms with Gasteiger partial charge in [-0.3, -0.25) is 0 Å². The van der Waals surface area contributed by atoms with Crippen LogP contribution in [0.2, 0.25) is 0 Å². The first-order valence-corrected chi connectivity index (χ1v) is 15.0. The van der Waals surface area contributed by atoms with Crippen molar-refractivity contribution in [2.75, 3.05) is 24.7 Å². The van der Waals surface area contributed by atoms with Crippen LogP contribution in [0.4, 0.5) is 33.6 Å². The predicted octanol–water partition coefficient (Wildman–Crippen LogP) is 8.09. The second-order valence-electron chi connectivity index (χ2n) is 10.3. The molecule has 1 aliphatic rings. The van der Waals surface area contributed by atoms with Gasteiger partial charge in [0.1, 0.15) is 5.75 Å². The summed E-state index contributed by atoms with van der Waals surface area (Å²) in [6.07, 6.45) is -8.39. The summed E-state index contributed by atoms with van der Waals surface area (Å²) >= 11 is 1.68. The Morgan fingerprint density at radius 3 is 2.36 bits per heavy atom. The Morgan fingerprint density at radius 2 is 1.69 bits per heavy atom. The van der Waals surface area contributed by atoms with Crippen LogP contribution in [0.5, 0.6) is 5.75 Å². The molecule has 8 nitrogen and oxygen atoms in total. The lowest BCUT2D eigenvalue weighted by Gasteiger charge is -2.25. The predicted molar refractivity (Wildman–Crippen MR) is 167 cm³/mol. The van der Waals surface area contributed by atoms with Gasteiger partial charge in [0.15, 0.2) is 11.0 Å². The van der Waals surface area contributed by atoms with Crippen LogP contribution in [0.1, 0.15) is 37.3 Å². The van der Waals surface area contributed by atoms with Crippen LogP contribution in [0.3, 0.4) is 0 Å². The smallest absolute Gasteiger partial charge is 0.426 e. The molecular weight excluding hydrogens is 613 g/mol. The first-order valence-electron chi connectivity index (χ1n) is 14.1. The Kier molecular flexibility index (Phi) is 9.42. The van der Waals surface area contributed by atoms with Crippen molar-refractivity contribution in [1.82, 2.24) is 19.8 Å². The lowest BCUT2D eigenvalue weighted by atomic mass is 10.0. The van der Waals surface area contributed by atoms with Gasteiger partial charge in [0.05, 0.1) is 17.6 Å². The molecule has 5 rings (SSSR count). The van der Waals surface area contributed by atoms with Crippen molar-refractivity contribution in [3.8, 4) is 22.8 Å². The minimum atomic E-state index is -5.84. The highest BCUT2D eigenvalue weighted by Gasteiger charge is 2.61. The van der Waals surface area contributed by atoms with E-state index in [0.717, 1.165) is 47.3 Å². The summed E-state index contributed by atoms with van der Waals surface area (Å²) in [7, 11) is 1.63. The number of para-hydroxylation sites is 1. The Labute approximate surface area is 261 Å². The number of nitrogens with zero attached hydrogens (tertiary/aromatic N) is 6. The molecule has 0 spiro atoms. The molecule has 14 heteroatoms. The van der Waals surface area contributed by atoms with Crippen molar-refractivity contribution >= 4 is 34.8 Å². The molecule has 4 aromatic rings. The molecule has 0 unspecified atom stereocenters. The Hall–Kier alpha value is -4.46. The third-order valence-electron chi connectivity index (χ3n) is 6.74. The van der Waals surface area contributed by atoms with Crippen LogP contribution in [0, 0.1) is 0 Å². The summed E-state index contributed by atoms with van der Waals surface area (Å²) in [6.45, 7) is 5.06. The van der Waals surface area contributed by atoms with Crippen LogP contribution in [-0.4, -0.2) is 62.8 Å². The van der Waals surface area contributed by atoms with Crippen LogP contribution < -0.4 is 10.1 Å². The fourth-order valence-corrected chi connectivity index (χ4v) is 5.32. The zero-order chi connectivity index (χ0) is 32.2. The van der Waals surface area contributed by atoms with E-state index in [0.29, 0.717) is 28.9 Å². The lowest BCUT2D eigenvalue weighted by Crippen LogP contribution is -2.41. The minimum Gasteiger partial charge on any atom is -0.426 e. The zero-order valence-corrected chi connectivity index (χ0v) is 25.4. The highest BCUT2D eigenvalue weighted by atomic mass is 32.2. The average Bonchev–Trinajstić information content (AvgIpc) is 3.45. The molecule has 0 atom stereocenters. The van der Waals surface area contributed by atoms with E-state index in [1.165, 1.54) is 22.4 Å². The zero-order valence-electron chi connectivity index (χ0n) is 24.6. The number of hydrazone groups is 1. The van der Waals surface area contributed by atoms with Gasteiger partial charge in [-0.25, -0.2) is 10.0 Å². The second-order valence-corrected chi connectivity index (χ2v) is 11.4. The average molecular weight is 644 g/mol. The van der Waals surface area contributed by atoms with Gasteiger partial charge in [-0.15, -0.1) is 5.10 Å². The van der Waals surface area contributed by atoms with E-state index in [4.69, 9.17) is 10.1 Å². The van der Waals surface area contributed by atoms with Gasteiger partial charge in [0, 0.05) is 24.9 Å². The number of halogens is 5. The number of alkyl halides is 5. The van der Waals surface area contributed by atoms with Crippen LogP contribution in [0.15, 0.2) is 82.9 Å². The number of thioether (sulfide) groups is 1. The summed E-state index contributed by atoms with van der Waals surface area (Å²) in [6, 6.07) is 20.2. The van der Waals surface area contributed by atoms with E-state index < -0.39 is 18.0 Å². The molecule has 2 heterocycles. The molecule has 1 aromatic heterocycles. The largest absolute Gasteiger partial charge is 0.499 e. The fraction of sp³-hybridized carbons (Fsp3) is 0.290. The number of rotatable bonds is 9. The Balaban J connectivity index is 1.31. The van der Waals surface area contributed by atoms with E-state index in [1.54, 1.807) is 25.0 Å². The summed E-state index contributed by atoms with van der Waals surface area (Å²) in [4.78, 5) is 9.43. The van der Waals surface area contributed by atoms with Crippen LogP contribution in [0.25, 0.3) is 17.1 Å². The number of anilines is 1. The van der Waals surface area contributed by atoms with Gasteiger partial charge in [-0.1, -0.05) is 68.1 Å². The van der Waals surface area contributed by atoms with Gasteiger partial charge in [0.2, 0.25) is 5.95 Å². The molecule has 0 saturated carbocycles. The molecule has 0 amide bonds. The highest BCUT2D eigenvalue weighted by molar-refractivity contribution is 8.13. The first-order chi connectivity index (χ1) is 21.4. The quantitative estimate of drug-likeness (QED) is 0.147. The summed E-state index contributed by atoms with van der Waals surface area (Å²) in [5.74, 6) is 1.38. The fourth-order valence-electron chi connectivity index (χ4n) is 4.42. The van der Waals surface area contributed by atoms with Crippen molar-refractivity contribution in [2.24, 2.45) is 10.1 Å². The maximum atomic E-state index is 13.3. The lowest BCUT2D eigenvalue weighted by molar-refractivity contribution is -0.360. The number of aromatic nitrogens is 3. The molecule has 0 radical (unpaired) electrons. The molecule has 0 bridgehead atoms. The second kappa shape index (κ2) is 13.3. The highest BCUT2D eigenvalue weighted by Crippen LogP contribution is 2.37. The van der Waals surface area contributed by atoms with E-state index in [1.807, 2.05) is 47.5 Å². The van der Waals surface area contributed by atoms with Crippen molar-refractivity contribution in [3.63, 3.8) is 0 Å². The maximum absolute atomic E-state index is 13.3. The van der Waals surface area contributed by atoms with Gasteiger partial charge in [0.25, 0.3) is 0 Å². The monoisotopic (exact) mass is 643 g/mol. The molecule has 1 aliphatic heterocycles. The molecule has 3 aromatic carbocycles. The van der Waals surface area contributed by atoms with E-state index >= 15 is 0 Å². The van der Waals surface area contributed by atoms with Crippen LogP contribution in [-0.2, 0) is 0 Å². The molecular formula is C31H30F5N7OS. The Bertz CT molecular complexity index is 1670. The summed E-state index contributed by atoms with van der Waals surface area (Å²) < 4.78 is 69.2. The van der Waals surface area contributed by atoms with E-state index in [-0.39, 0.29) is 0 Å². The topological polar surface area (TPSA) is 79.9 Å². The van der Waals surface area contributed by atoms with E-state index in [2.05, 4.69) is 40.1 Å². The van der Waals surface area contributed by atoms with Crippen LogP contribution >= 0.6 is 11.8 Å². The minimum absolute atomic E-state index is 0.332. The van der Waals surface area contributed by atoms with Gasteiger partial charge in [-0.2, -0.15) is 36.7 Å². The molecule has 45 heavy (non-hydrogen) atoms. The summed E-state index contributed by atoms with van der Waals surface area (Å²) in [5.41, 5.74) is 4.06. The van der Waals surface area contributed by atoms with Crippen molar-refractivity contribution < 1.29 is 26.7 Å². The number of hydrogen-bond acceptors (Lipinski definition) is 7. The van der Waals surface area contributed by atoms with Crippen molar-refractivity contribution in [2.45, 2.75) is 38.5 Å². The van der Waals surface area contributed by atoms with Gasteiger partial charge >= 0.3 is 12.3 Å². The SMILES string of the molecule is CNc1nc(-c2ccc(C=NN3CCCSC3=Nc3ccccc3C(C)C)cc2)nn1-c1ccc(OC(F)(F)C(F)(F)F)cc1. The number of ether oxygens (including phenoxy) is 1. The molecule has 236 valence electrons. The van der Waals surface area contributed by atoms with E-state index in [9.17, 15) is 22.0 Å². The van der Waals surface area contributed by atoms with Crippen molar-refractivity contribution in [3.05, 3.63) is 83.9 Å². The number of amidine groups is 1. The number of hydrogen-bond donors (Lipinski definition) is 1. The van der Waals surface area contributed by atoms with Gasteiger partial charge < -0.3 is 10.1 Å². The number of aliphatic imine (C=N–C) groups is 1. The third kappa shape index (κ3) is 7.44. The molecule has 1 fully saturated rings. The number of nitrogens with one attached hydrogen (secondary N) is 1. The number of benzene rings is 3. The molecule has 1 N–H and O–H groups in total. The normalized spacial score (nSPS) is 15.3. The van der Waals surface area contributed by atoms with Crippen molar-refractivity contribution in [1.29, 1.82) is 0 Å². The maximum Gasteiger partial charge on any atom is 0.499 e.